The molecule has 0 radical (unpaired) electrons. The summed E-state index contributed by atoms with van der Waals surface area (Å²) in [6, 6.07) is 0. The number of hydrogen-bond donors (Lipinski definition) is 1. The third-order valence-corrected chi connectivity index (χ3v) is 4.39. The highest BCUT2D eigenvalue weighted by Gasteiger charge is 2.29. The van der Waals surface area contributed by atoms with Gasteiger partial charge in [-0.05, 0) is 30.9 Å². The van der Waals surface area contributed by atoms with Crippen molar-refractivity contribution in [3.8, 4) is 0 Å². The van der Waals surface area contributed by atoms with Crippen molar-refractivity contribution in [3.63, 3.8) is 0 Å². The van der Waals surface area contributed by atoms with E-state index < -0.39 is 0 Å². The fourth-order valence-electron chi connectivity index (χ4n) is 2.26. The molecule has 1 fully saturated rings. The lowest BCUT2D eigenvalue weighted by molar-refractivity contribution is -0.0310. The van der Waals surface area contributed by atoms with Crippen molar-refractivity contribution < 1.29 is 4.74 Å². The van der Waals surface area contributed by atoms with Gasteiger partial charge in [-0.25, -0.2) is 0 Å². The first-order chi connectivity index (χ1) is 7.15. The number of nitrogens with zero attached hydrogens (tertiary/aromatic N) is 1. The highest BCUT2D eigenvalue weighted by molar-refractivity contribution is 7.80. The summed E-state index contributed by atoms with van der Waals surface area (Å²) in [7, 11) is 0. The maximum Gasteiger partial charge on any atom is 0.0674 e. The van der Waals surface area contributed by atoms with Gasteiger partial charge in [-0.2, -0.15) is 12.6 Å². The van der Waals surface area contributed by atoms with Gasteiger partial charge in [-0.1, -0.05) is 13.8 Å². The third kappa shape index (κ3) is 3.65. The normalized spacial score (nSPS) is 24.4. The van der Waals surface area contributed by atoms with Gasteiger partial charge < -0.3 is 4.74 Å². The van der Waals surface area contributed by atoms with Crippen LogP contribution in [0.1, 0.15) is 33.6 Å². The minimum atomic E-state index is 0.394. The Kier molecular flexibility index (Phi) is 5.44. The second kappa shape index (κ2) is 6.12. The third-order valence-electron chi connectivity index (χ3n) is 3.72. The van der Waals surface area contributed by atoms with Crippen molar-refractivity contribution in [2.24, 2.45) is 5.41 Å². The standard InChI is InChI=1S/C12H25NOS/c1-4-12(5-2,10-15)9-13-6-7-14-11(3)8-13/h11,15H,4-10H2,1-3H3. The first-order valence-electron chi connectivity index (χ1n) is 6.10. The molecule has 1 aliphatic rings. The predicted molar refractivity (Wildman–Crippen MR) is 68.7 cm³/mol. The zero-order chi connectivity index (χ0) is 11.3. The van der Waals surface area contributed by atoms with Crippen LogP contribution in [0.2, 0.25) is 0 Å². The van der Waals surface area contributed by atoms with Crippen LogP contribution in [-0.2, 0) is 4.74 Å². The van der Waals surface area contributed by atoms with Crippen molar-refractivity contribution in [2.45, 2.75) is 39.7 Å². The molecule has 1 atom stereocenters. The smallest absolute Gasteiger partial charge is 0.0674 e. The molecule has 0 aliphatic carbocycles. The quantitative estimate of drug-likeness (QED) is 0.730. The van der Waals surface area contributed by atoms with E-state index >= 15 is 0 Å². The van der Waals surface area contributed by atoms with Crippen molar-refractivity contribution in [1.82, 2.24) is 4.90 Å². The molecule has 0 saturated carbocycles. The summed E-state index contributed by atoms with van der Waals surface area (Å²) >= 11 is 4.53. The summed E-state index contributed by atoms with van der Waals surface area (Å²) in [6.45, 7) is 10.9. The summed E-state index contributed by atoms with van der Waals surface area (Å²) in [5, 5.41) is 0. The van der Waals surface area contributed by atoms with Crippen LogP contribution in [0.5, 0.6) is 0 Å². The molecule has 0 bridgehead atoms. The number of thiol groups is 1. The van der Waals surface area contributed by atoms with Crippen molar-refractivity contribution in [1.29, 1.82) is 0 Å². The largest absolute Gasteiger partial charge is 0.376 e. The summed E-state index contributed by atoms with van der Waals surface area (Å²) in [4.78, 5) is 2.54. The molecule has 15 heavy (non-hydrogen) atoms. The minimum absolute atomic E-state index is 0.394. The molecule has 0 spiro atoms. The average molecular weight is 231 g/mol. The van der Waals surface area contributed by atoms with Gasteiger partial charge in [0.15, 0.2) is 0 Å². The average Bonchev–Trinajstić information content (AvgIpc) is 2.26. The Morgan fingerprint density at radius 2 is 2.07 bits per heavy atom. The Labute approximate surface area is 99.8 Å². The molecule has 3 heteroatoms. The van der Waals surface area contributed by atoms with Crippen LogP contribution in [0.25, 0.3) is 0 Å². The number of morpholine rings is 1. The minimum Gasteiger partial charge on any atom is -0.376 e. The number of rotatable bonds is 5. The Bertz CT molecular complexity index is 174. The van der Waals surface area contributed by atoms with Crippen molar-refractivity contribution in [3.05, 3.63) is 0 Å². The van der Waals surface area contributed by atoms with E-state index in [1.54, 1.807) is 0 Å². The summed E-state index contributed by atoms with van der Waals surface area (Å²) in [6.07, 6.45) is 2.84. The lowest BCUT2D eigenvalue weighted by atomic mass is 9.83. The van der Waals surface area contributed by atoms with Gasteiger partial charge in [0.05, 0.1) is 12.7 Å². The fourth-order valence-corrected chi connectivity index (χ4v) is 2.80. The molecule has 0 aromatic heterocycles. The molecule has 0 N–H and O–H groups in total. The Morgan fingerprint density at radius 3 is 2.53 bits per heavy atom. The summed E-state index contributed by atoms with van der Waals surface area (Å²) in [5.74, 6) is 0.992. The Balaban J connectivity index is 2.49. The zero-order valence-electron chi connectivity index (χ0n) is 10.3. The topological polar surface area (TPSA) is 12.5 Å². The van der Waals surface area contributed by atoms with Gasteiger partial charge in [0.1, 0.15) is 0 Å². The van der Waals surface area contributed by atoms with Gasteiger partial charge in [0, 0.05) is 19.6 Å². The molecule has 1 aliphatic heterocycles. The van der Waals surface area contributed by atoms with Gasteiger partial charge in [-0.3, -0.25) is 4.90 Å². The van der Waals surface area contributed by atoms with Crippen LogP contribution in [-0.4, -0.2) is 43.0 Å². The van der Waals surface area contributed by atoms with E-state index in [1.165, 1.54) is 19.4 Å². The molecule has 1 unspecified atom stereocenters. The van der Waals surface area contributed by atoms with Crippen LogP contribution in [0, 0.1) is 5.41 Å². The van der Waals surface area contributed by atoms with E-state index in [2.05, 4.69) is 38.3 Å². The van der Waals surface area contributed by atoms with E-state index in [9.17, 15) is 0 Å². The molecular formula is C12H25NOS. The highest BCUT2D eigenvalue weighted by Crippen LogP contribution is 2.29. The van der Waals surface area contributed by atoms with Crippen LogP contribution >= 0.6 is 12.6 Å². The summed E-state index contributed by atoms with van der Waals surface area (Å²) in [5.41, 5.74) is 0.403. The molecule has 90 valence electrons. The molecule has 2 nitrogen and oxygen atoms in total. The van der Waals surface area contributed by atoms with Crippen LogP contribution in [0.4, 0.5) is 0 Å². The second-order valence-corrected chi connectivity index (χ2v) is 5.10. The monoisotopic (exact) mass is 231 g/mol. The van der Waals surface area contributed by atoms with E-state index in [1.807, 2.05) is 0 Å². The molecule has 0 amide bonds. The molecule has 0 aromatic carbocycles. The van der Waals surface area contributed by atoms with E-state index in [0.29, 0.717) is 11.5 Å². The van der Waals surface area contributed by atoms with Gasteiger partial charge in [0.2, 0.25) is 0 Å². The lowest BCUT2D eigenvalue weighted by Gasteiger charge is -2.39. The van der Waals surface area contributed by atoms with Gasteiger partial charge in [0.25, 0.3) is 0 Å². The Morgan fingerprint density at radius 1 is 1.40 bits per heavy atom. The first-order valence-corrected chi connectivity index (χ1v) is 6.74. The molecule has 1 rings (SSSR count). The molecular weight excluding hydrogens is 206 g/mol. The molecule has 0 aromatic rings. The van der Waals surface area contributed by atoms with Crippen LogP contribution in [0.15, 0.2) is 0 Å². The lowest BCUT2D eigenvalue weighted by Crippen LogP contribution is -2.47. The fraction of sp³-hybridized carbons (Fsp3) is 1.00. The van der Waals surface area contributed by atoms with E-state index in [-0.39, 0.29) is 0 Å². The SMILES string of the molecule is CCC(CC)(CS)CN1CCOC(C)C1. The zero-order valence-corrected chi connectivity index (χ0v) is 11.2. The number of hydrogen-bond acceptors (Lipinski definition) is 3. The van der Waals surface area contributed by atoms with Gasteiger partial charge >= 0.3 is 0 Å². The second-order valence-electron chi connectivity index (χ2n) is 4.78. The van der Waals surface area contributed by atoms with Crippen molar-refractivity contribution in [2.75, 3.05) is 32.0 Å². The number of ether oxygens (including phenoxy) is 1. The highest BCUT2D eigenvalue weighted by atomic mass is 32.1. The first kappa shape index (κ1) is 13.3. The maximum absolute atomic E-state index is 5.56. The molecule has 1 saturated heterocycles. The van der Waals surface area contributed by atoms with Gasteiger partial charge in [-0.15, -0.1) is 0 Å². The Hall–Kier alpha value is 0.270. The maximum atomic E-state index is 5.56. The van der Waals surface area contributed by atoms with E-state index in [0.717, 1.165) is 25.4 Å². The van der Waals surface area contributed by atoms with Crippen LogP contribution < -0.4 is 0 Å². The molecule has 1 heterocycles. The predicted octanol–water partition coefficient (Wildman–Crippen LogP) is 2.44. The van der Waals surface area contributed by atoms with Crippen LogP contribution in [0.3, 0.4) is 0 Å². The van der Waals surface area contributed by atoms with E-state index in [4.69, 9.17) is 4.74 Å². The summed E-state index contributed by atoms with van der Waals surface area (Å²) < 4.78 is 5.56. The van der Waals surface area contributed by atoms with Crippen molar-refractivity contribution >= 4 is 12.6 Å².